The van der Waals surface area contributed by atoms with Gasteiger partial charge in [-0.3, -0.25) is 15.5 Å². The molecule has 0 radical (unpaired) electrons. The number of hydrogen-bond donors (Lipinski definition) is 2. The molecule has 0 fully saturated rings. The van der Waals surface area contributed by atoms with Crippen LogP contribution in [0.2, 0.25) is 0 Å². The number of nitrogens with one attached hydrogen (secondary N) is 1. The lowest BCUT2D eigenvalue weighted by molar-refractivity contribution is 0.101. The fraction of sp³-hybridized carbons (Fsp3) is 0.457. The van der Waals surface area contributed by atoms with Crippen molar-refractivity contribution in [1.82, 2.24) is 5.48 Å². The number of hydrogen-bond acceptors (Lipinski definition) is 5. The maximum atomic E-state index is 11.2. The van der Waals surface area contributed by atoms with Gasteiger partial charge in [0.1, 0.15) is 5.75 Å². The normalized spacial score (nSPS) is 8.78. The van der Waals surface area contributed by atoms with Gasteiger partial charge in [0.2, 0.25) is 0 Å². The van der Waals surface area contributed by atoms with Crippen molar-refractivity contribution in [2.24, 2.45) is 5.92 Å². The Labute approximate surface area is 245 Å². The molecule has 0 aliphatic rings. The van der Waals surface area contributed by atoms with Crippen LogP contribution in [0, 0.1) is 17.8 Å². The molecule has 0 atom stereocenters. The van der Waals surface area contributed by atoms with Crippen molar-refractivity contribution in [3.63, 3.8) is 0 Å². The first-order valence-electron chi connectivity index (χ1n) is 14.3. The third-order valence-corrected chi connectivity index (χ3v) is 4.51. The van der Waals surface area contributed by atoms with E-state index in [4.69, 9.17) is 14.7 Å². The fourth-order valence-electron chi connectivity index (χ4n) is 2.31. The molecule has 2 aromatic carbocycles. The molecule has 0 bridgehead atoms. The number of allylic oxidation sites excluding steroid dienone is 2. The molecule has 0 unspecified atom stereocenters. The number of ether oxygens (including phenoxy) is 2. The quantitative estimate of drug-likeness (QED) is 0.101. The van der Waals surface area contributed by atoms with Crippen LogP contribution < -0.4 is 10.2 Å². The first-order valence-corrected chi connectivity index (χ1v) is 14.3. The zero-order valence-corrected chi connectivity index (χ0v) is 26.6. The SMILES string of the molecule is C=C(NO)C(C)C.C=CC.CC.CCCOCCC.CCCOc1ccc(C#Cc2ccc(C(C)=O)cc2)cc1. The van der Waals surface area contributed by atoms with Crippen LogP contribution in [0.3, 0.4) is 0 Å². The third kappa shape index (κ3) is 25.0. The van der Waals surface area contributed by atoms with Crippen LogP contribution in [0.5, 0.6) is 5.75 Å². The molecule has 0 aliphatic carbocycles. The minimum Gasteiger partial charge on any atom is -0.494 e. The monoisotopic (exact) mass is 553 g/mol. The molecule has 2 aromatic rings. The van der Waals surface area contributed by atoms with Crippen molar-refractivity contribution in [3.8, 4) is 17.6 Å². The maximum absolute atomic E-state index is 11.2. The summed E-state index contributed by atoms with van der Waals surface area (Å²) >= 11 is 0. The highest BCUT2D eigenvalue weighted by molar-refractivity contribution is 5.94. The molecule has 5 heteroatoms. The van der Waals surface area contributed by atoms with E-state index < -0.39 is 0 Å². The van der Waals surface area contributed by atoms with Gasteiger partial charge in [-0.1, -0.05) is 85.1 Å². The van der Waals surface area contributed by atoms with E-state index in [1.807, 2.05) is 76.5 Å². The highest BCUT2D eigenvalue weighted by Crippen LogP contribution is 2.12. The fourth-order valence-corrected chi connectivity index (χ4v) is 2.31. The van der Waals surface area contributed by atoms with Crippen LogP contribution in [0.15, 0.2) is 73.5 Å². The van der Waals surface area contributed by atoms with Crippen LogP contribution in [0.1, 0.15) is 103 Å². The van der Waals surface area contributed by atoms with Gasteiger partial charge in [-0.15, -0.1) is 6.58 Å². The zero-order chi connectivity index (χ0) is 31.2. The van der Waals surface area contributed by atoms with Gasteiger partial charge < -0.3 is 9.47 Å². The largest absolute Gasteiger partial charge is 0.494 e. The lowest BCUT2D eigenvalue weighted by Gasteiger charge is -2.04. The van der Waals surface area contributed by atoms with E-state index in [1.165, 1.54) is 0 Å². The Balaban J connectivity index is -0.000000593. The van der Waals surface area contributed by atoms with Crippen LogP contribution in [0.25, 0.3) is 0 Å². The van der Waals surface area contributed by atoms with E-state index in [0.717, 1.165) is 56.0 Å². The van der Waals surface area contributed by atoms with Gasteiger partial charge >= 0.3 is 0 Å². The van der Waals surface area contributed by atoms with Crippen LogP contribution in [0.4, 0.5) is 0 Å². The van der Waals surface area contributed by atoms with Gasteiger partial charge in [0, 0.05) is 35.6 Å². The molecule has 5 nitrogen and oxygen atoms in total. The minimum atomic E-state index is 0.0668. The summed E-state index contributed by atoms with van der Waals surface area (Å²) in [7, 11) is 0. The Hall–Kier alpha value is -3.33. The second-order valence-corrected chi connectivity index (χ2v) is 8.57. The van der Waals surface area contributed by atoms with E-state index in [0.29, 0.717) is 17.2 Å². The van der Waals surface area contributed by atoms with Gasteiger partial charge in [0.05, 0.1) is 6.61 Å². The third-order valence-electron chi connectivity index (χ3n) is 4.51. The molecule has 0 aliphatic heterocycles. The van der Waals surface area contributed by atoms with E-state index in [1.54, 1.807) is 25.1 Å². The number of rotatable bonds is 10. The van der Waals surface area contributed by atoms with Crippen molar-refractivity contribution >= 4 is 5.78 Å². The van der Waals surface area contributed by atoms with Crippen molar-refractivity contribution in [2.45, 2.75) is 81.6 Å². The predicted molar refractivity (Wildman–Crippen MR) is 172 cm³/mol. The Morgan fingerprint density at radius 1 is 0.900 bits per heavy atom. The molecule has 0 saturated heterocycles. The molecule has 224 valence electrons. The van der Waals surface area contributed by atoms with Gasteiger partial charge in [0.25, 0.3) is 0 Å². The molecule has 2 rings (SSSR count). The lowest BCUT2D eigenvalue weighted by atomic mass is 10.1. The number of carbonyl (C=O) groups is 1. The zero-order valence-electron chi connectivity index (χ0n) is 26.6. The highest BCUT2D eigenvalue weighted by Gasteiger charge is 1.97. The van der Waals surface area contributed by atoms with E-state index >= 15 is 0 Å². The summed E-state index contributed by atoms with van der Waals surface area (Å²) in [5, 5.41) is 8.16. The first-order chi connectivity index (χ1) is 19.2. The predicted octanol–water partition coefficient (Wildman–Crippen LogP) is 9.25. The van der Waals surface area contributed by atoms with Gasteiger partial charge in [-0.05, 0) is 75.4 Å². The molecule has 2 N–H and O–H groups in total. The minimum absolute atomic E-state index is 0.0668. The van der Waals surface area contributed by atoms with Crippen molar-refractivity contribution < 1.29 is 19.5 Å². The molecule has 0 saturated carbocycles. The molecule has 0 aromatic heterocycles. The van der Waals surface area contributed by atoms with Crippen LogP contribution >= 0.6 is 0 Å². The average Bonchev–Trinajstić information content (AvgIpc) is 2.97. The molecule has 0 amide bonds. The van der Waals surface area contributed by atoms with E-state index in [-0.39, 0.29) is 5.78 Å². The first kappa shape index (κ1) is 41.2. The smallest absolute Gasteiger partial charge is 0.159 e. The molecule has 0 heterocycles. The number of benzene rings is 2. The Morgan fingerprint density at radius 3 is 1.60 bits per heavy atom. The maximum Gasteiger partial charge on any atom is 0.159 e. The number of ketones is 1. The Bertz CT molecular complexity index is 932. The number of Topliss-reactive ketones (excluding diaryl/α,β-unsaturated/α-hetero) is 1. The van der Waals surface area contributed by atoms with Gasteiger partial charge in [0.15, 0.2) is 5.78 Å². The highest BCUT2D eigenvalue weighted by atomic mass is 16.5. The number of hydroxylamine groups is 1. The summed E-state index contributed by atoms with van der Waals surface area (Å²) in [4.78, 5) is 11.2. The summed E-state index contributed by atoms with van der Waals surface area (Å²) in [6, 6.07) is 15.1. The van der Waals surface area contributed by atoms with Crippen molar-refractivity contribution in [2.75, 3.05) is 19.8 Å². The summed E-state index contributed by atoms with van der Waals surface area (Å²) in [6.45, 7) is 27.1. The lowest BCUT2D eigenvalue weighted by Crippen LogP contribution is -2.10. The summed E-state index contributed by atoms with van der Waals surface area (Å²) < 4.78 is 10.7. The topological polar surface area (TPSA) is 67.8 Å². The molecular formula is C35H55NO4. The van der Waals surface area contributed by atoms with Crippen molar-refractivity contribution in [3.05, 3.63) is 90.2 Å². The molecular weight excluding hydrogens is 498 g/mol. The summed E-state index contributed by atoms with van der Waals surface area (Å²) in [5.74, 6) is 7.44. The van der Waals surface area contributed by atoms with Crippen LogP contribution in [-0.4, -0.2) is 30.8 Å². The summed E-state index contributed by atoms with van der Waals surface area (Å²) in [6.07, 6.45) is 5.03. The Morgan fingerprint density at radius 2 is 1.30 bits per heavy atom. The van der Waals surface area contributed by atoms with Gasteiger partial charge in [-0.25, -0.2) is 0 Å². The van der Waals surface area contributed by atoms with E-state index in [2.05, 4.69) is 45.8 Å². The number of carbonyl (C=O) groups excluding carboxylic acids is 1. The second kappa shape index (κ2) is 30.2. The van der Waals surface area contributed by atoms with Gasteiger partial charge in [-0.2, -0.15) is 0 Å². The Kier molecular flexibility index (Phi) is 31.1. The molecule has 40 heavy (non-hydrogen) atoms. The van der Waals surface area contributed by atoms with Crippen molar-refractivity contribution in [1.29, 1.82) is 0 Å². The van der Waals surface area contributed by atoms with E-state index in [9.17, 15) is 4.79 Å². The summed E-state index contributed by atoms with van der Waals surface area (Å²) in [5.41, 5.74) is 5.16. The second-order valence-electron chi connectivity index (χ2n) is 8.57. The molecule has 0 spiro atoms. The average molecular weight is 554 g/mol. The van der Waals surface area contributed by atoms with Crippen LogP contribution in [-0.2, 0) is 4.74 Å². The standard InChI is InChI=1S/C19H18O2.C6H14O.C5H11NO.C3H6.C2H6/c1-3-14-21-19-12-8-17(9-13-19)5-4-16-6-10-18(11-7-16)15(2)20;1-3-5-7-6-4-2;1-4(2)5(3)6-7;1-3-2;1-2/h6-13H,3,14H2,1-2H3;3-6H2,1-2H3;4,6-7H,3H2,1-2H3;3H,1H2,2H3;1-2H3.